The van der Waals surface area contributed by atoms with Crippen molar-refractivity contribution in [3.8, 4) is 0 Å². The molecule has 0 aliphatic heterocycles. The molecule has 2 nitrogen and oxygen atoms in total. The minimum absolute atomic E-state index is 0.0844. The molecular formula is C19H32O2. The van der Waals surface area contributed by atoms with Gasteiger partial charge in [0.05, 0.1) is 5.92 Å². The Bertz CT molecular complexity index is 370. The Balaban J connectivity index is 1.70. The Kier molecular flexibility index (Phi) is 4.09. The van der Waals surface area contributed by atoms with E-state index in [1.54, 1.807) is 0 Å². The molecule has 4 rings (SSSR count). The van der Waals surface area contributed by atoms with Crippen molar-refractivity contribution in [3.63, 3.8) is 0 Å². The number of carbonyl (C=O) groups is 1. The first-order valence-electron chi connectivity index (χ1n) is 9.15. The second-order valence-corrected chi connectivity index (χ2v) is 8.64. The smallest absolute Gasteiger partial charge is 0.309 e. The van der Waals surface area contributed by atoms with E-state index in [-0.39, 0.29) is 17.5 Å². The van der Waals surface area contributed by atoms with Crippen LogP contribution in [0.1, 0.15) is 72.6 Å². The summed E-state index contributed by atoms with van der Waals surface area (Å²) in [6.45, 7) is 8.76. The summed E-state index contributed by atoms with van der Waals surface area (Å²) in [4.78, 5) is 12.7. The third-order valence-corrected chi connectivity index (χ3v) is 6.66. The number of esters is 1. The maximum atomic E-state index is 12.7. The van der Waals surface area contributed by atoms with Crippen LogP contribution in [-0.4, -0.2) is 11.6 Å². The second kappa shape index (κ2) is 5.59. The number of rotatable bonds is 5. The molecule has 4 fully saturated rings. The zero-order valence-electron chi connectivity index (χ0n) is 14.2. The summed E-state index contributed by atoms with van der Waals surface area (Å²) in [5.74, 6) is 3.87. The predicted octanol–water partition coefficient (Wildman–Crippen LogP) is 4.82. The molecule has 0 heterocycles. The second-order valence-electron chi connectivity index (χ2n) is 8.64. The fraction of sp³-hybridized carbons (Fsp3) is 0.947. The predicted molar refractivity (Wildman–Crippen MR) is 84.8 cm³/mol. The van der Waals surface area contributed by atoms with E-state index in [0.29, 0.717) is 17.8 Å². The van der Waals surface area contributed by atoms with E-state index in [1.807, 2.05) is 0 Å². The maximum Gasteiger partial charge on any atom is 0.309 e. The minimum atomic E-state index is -0.158. The summed E-state index contributed by atoms with van der Waals surface area (Å²) >= 11 is 0. The van der Waals surface area contributed by atoms with Gasteiger partial charge in [0.25, 0.3) is 0 Å². The lowest BCUT2D eigenvalue weighted by molar-refractivity contribution is -0.207. The summed E-state index contributed by atoms with van der Waals surface area (Å²) in [7, 11) is 0. The van der Waals surface area contributed by atoms with Crippen molar-refractivity contribution in [1.82, 2.24) is 0 Å². The van der Waals surface area contributed by atoms with Gasteiger partial charge in [0.1, 0.15) is 5.60 Å². The first-order valence-corrected chi connectivity index (χ1v) is 9.15. The highest BCUT2D eigenvalue weighted by molar-refractivity contribution is 5.73. The van der Waals surface area contributed by atoms with Gasteiger partial charge in [-0.15, -0.1) is 0 Å². The van der Waals surface area contributed by atoms with Gasteiger partial charge in [-0.1, -0.05) is 20.8 Å². The van der Waals surface area contributed by atoms with E-state index in [0.717, 1.165) is 24.7 Å². The highest BCUT2D eigenvalue weighted by Crippen LogP contribution is 2.59. The Morgan fingerprint density at radius 3 is 2.05 bits per heavy atom. The Hall–Kier alpha value is -0.530. The average Bonchev–Trinajstić information content (AvgIpc) is 2.41. The van der Waals surface area contributed by atoms with Crippen molar-refractivity contribution < 1.29 is 9.53 Å². The van der Waals surface area contributed by atoms with Crippen LogP contribution < -0.4 is 0 Å². The van der Waals surface area contributed by atoms with Crippen molar-refractivity contribution in [2.24, 2.45) is 35.5 Å². The van der Waals surface area contributed by atoms with Crippen LogP contribution in [0, 0.1) is 35.5 Å². The molecule has 0 radical (unpaired) electrons. The lowest BCUT2D eigenvalue weighted by Gasteiger charge is -2.59. The molecule has 0 saturated heterocycles. The summed E-state index contributed by atoms with van der Waals surface area (Å²) in [6.07, 6.45) is 8.53. The largest absolute Gasteiger partial charge is 0.459 e. The van der Waals surface area contributed by atoms with Crippen molar-refractivity contribution in [1.29, 1.82) is 0 Å². The fourth-order valence-electron chi connectivity index (χ4n) is 5.59. The van der Waals surface area contributed by atoms with E-state index in [2.05, 4.69) is 27.7 Å². The lowest BCUT2D eigenvalue weighted by atomic mass is 9.50. The van der Waals surface area contributed by atoms with Gasteiger partial charge >= 0.3 is 5.97 Å². The molecule has 4 bridgehead atoms. The molecule has 120 valence electrons. The molecule has 0 aromatic heterocycles. The molecule has 0 amide bonds. The fourth-order valence-corrected chi connectivity index (χ4v) is 5.59. The third kappa shape index (κ3) is 2.75. The van der Waals surface area contributed by atoms with Gasteiger partial charge in [-0.05, 0) is 81.5 Å². The molecule has 0 N–H and O–H groups in total. The monoisotopic (exact) mass is 292 g/mol. The first kappa shape index (κ1) is 15.4. The minimum Gasteiger partial charge on any atom is -0.459 e. The Morgan fingerprint density at radius 2 is 1.62 bits per heavy atom. The number of carbonyl (C=O) groups excluding carboxylic acids is 1. The van der Waals surface area contributed by atoms with Crippen LogP contribution in [0.3, 0.4) is 0 Å². The van der Waals surface area contributed by atoms with Crippen molar-refractivity contribution >= 4 is 5.97 Å². The van der Waals surface area contributed by atoms with Gasteiger partial charge in [-0.2, -0.15) is 0 Å². The highest BCUT2D eigenvalue weighted by atomic mass is 16.6. The van der Waals surface area contributed by atoms with Crippen LogP contribution in [0.5, 0.6) is 0 Å². The quantitative estimate of drug-likeness (QED) is 0.679. The van der Waals surface area contributed by atoms with Crippen molar-refractivity contribution in [2.45, 2.75) is 78.2 Å². The molecule has 4 aliphatic rings. The maximum absolute atomic E-state index is 12.7. The zero-order chi connectivity index (χ0) is 15.2. The van der Waals surface area contributed by atoms with Crippen LogP contribution in [-0.2, 0) is 9.53 Å². The molecule has 2 heteroatoms. The summed E-state index contributed by atoms with van der Waals surface area (Å²) < 4.78 is 6.23. The number of ether oxygens (including phenoxy) is 1. The SMILES string of the molecule is CCC(CC(C)C)C(=O)OC1(C)C2CC3CC(C2)CC1C3. The number of hydrogen-bond donors (Lipinski definition) is 0. The van der Waals surface area contributed by atoms with Gasteiger partial charge in [-0.3, -0.25) is 4.79 Å². The van der Waals surface area contributed by atoms with Gasteiger partial charge in [-0.25, -0.2) is 0 Å². The molecule has 1 atom stereocenters. The molecule has 0 aromatic carbocycles. The van der Waals surface area contributed by atoms with E-state index in [1.165, 1.54) is 32.1 Å². The van der Waals surface area contributed by atoms with E-state index in [4.69, 9.17) is 4.74 Å². The van der Waals surface area contributed by atoms with Crippen LogP contribution in [0.15, 0.2) is 0 Å². The third-order valence-electron chi connectivity index (χ3n) is 6.66. The van der Waals surface area contributed by atoms with Crippen LogP contribution in [0.25, 0.3) is 0 Å². The normalized spacial score (nSPS) is 42.3. The average molecular weight is 292 g/mol. The molecule has 21 heavy (non-hydrogen) atoms. The van der Waals surface area contributed by atoms with Crippen LogP contribution >= 0.6 is 0 Å². The standard InChI is InChI=1S/C19H32O2/c1-5-15(6-12(2)3)18(20)21-19(4)16-8-13-7-14(10-16)11-17(19)9-13/h12-17H,5-11H2,1-4H3. The topological polar surface area (TPSA) is 26.3 Å². The first-order chi connectivity index (χ1) is 9.92. The van der Waals surface area contributed by atoms with Crippen LogP contribution in [0.4, 0.5) is 0 Å². The Labute approximate surface area is 130 Å². The van der Waals surface area contributed by atoms with Crippen molar-refractivity contribution in [3.05, 3.63) is 0 Å². The zero-order valence-corrected chi connectivity index (χ0v) is 14.2. The molecule has 4 aliphatic carbocycles. The van der Waals surface area contributed by atoms with Gasteiger partial charge in [0.2, 0.25) is 0 Å². The van der Waals surface area contributed by atoms with Gasteiger partial charge < -0.3 is 4.74 Å². The lowest BCUT2D eigenvalue weighted by Crippen LogP contribution is -2.58. The summed E-state index contributed by atoms with van der Waals surface area (Å²) in [5, 5.41) is 0. The Morgan fingerprint density at radius 1 is 1.10 bits per heavy atom. The van der Waals surface area contributed by atoms with Crippen molar-refractivity contribution in [2.75, 3.05) is 0 Å². The van der Waals surface area contributed by atoms with Crippen LogP contribution in [0.2, 0.25) is 0 Å². The summed E-state index contributed by atoms with van der Waals surface area (Å²) in [6, 6.07) is 0. The summed E-state index contributed by atoms with van der Waals surface area (Å²) in [5.41, 5.74) is -0.158. The molecule has 0 spiro atoms. The number of hydrogen-bond acceptors (Lipinski definition) is 2. The van der Waals surface area contributed by atoms with Gasteiger partial charge in [0, 0.05) is 0 Å². The van der Waals surface area contributed by atoms with E-state index >= 15 is 0 Å². The molecule has 1 unspecified atom stereocenters. The molecule has 0 aromatic rings. The molecule has 4 saturated carbocycles. The van der Waals surface area contributed by atoms with E-state index in [9.17, 15) is 4.79 Å². The van der Waals surface area contributed by atoms with Gasteiger partial charge in [0.15, 0.2) is 0 Å². The molecular weight excluding hydrogens is 260 g/mol. The highest BCUT2D eigenvalue weighted by Gasteiger charge is 2.57. The van der Waals surface area contributed by atoms with E-state index < -0.39 is 0 Å².